The number of halogens is 4. The maximum absolute atomic E-state index is 14.7. The van der Waals surface area contributed by atoms with Crippen molar-refractivity contribution in [3.8, 4) is 11.1 Å². The molecule has 2 N–H and O–H groups in total. The number of benzene rings is 1. The first-order valence-corrected chi connectivity index (χ1v) is 11.1. The maximum Gasteiger partial charge on any atom is 0.258 e. The van der Waals surface area contributed by atoms with Crippen molar-refractivity contribution in [1.29, 1.82) is 0 Å². The van der Waals surface area contributed by atoms with E-state index < -0.39 is 35.0 Å². The Bertz CT molecular complexity index is 1230. The average molecular weight is 488 g/mol. The molecule has 1 fully saturated rings. The first kappa shape index (κ1) is 24.7. The van der Waals surface area contributed by atoms with Crippen LogP contribution in [0.4, 0.5) is 23.2 Å². The average Bonchev–Trinajstić information content (AvgIpc) is 2.80. The molecular weight excluding hydrogens is 464 g/mol. The van der Waals surface area contributed by atoms with Gasteiger partial charge in [0.1, 0.15) is 17.2 Å². The molecule has 2 aromatic heterocycles. The lowest BCUT2D eigenvalue weighted by molar-refractivity contribution is -0.0384. The molecule has 184 valence electrons. The zero-order valence-corrected chi connectivity index (χ0v) is 19.2. The molecule has 1 amide bonds. The fourth-order valence-electron chi connectivity index (χ4n) is 4.11. The van der Waals surface area contributed by atoms with Gasteiger partial charge in [-0.1, -0.05) is 0 Å². The van der Waals surface area contributed by atoms with Crippen molar-refractivity contribution in [3.05, 3.63) is 71.6 Å². The van der Waals surface area contributed by atoms with E-state index in [1.54, 1.807) is 0 Å². The monoisotopic (exact) mass is 488 g/mol. The molecule has 4 rings (SSSR count). The summed E-state index contributed by atoms with van der Waals surface area (Å²) in [5.41, 5.74) is -0.747. The number of alkyl halides is 2. The van der Waals surface area contributed by atoms with Crippen LogP contribution in [0.15, 0.2) is 42.9 Å². The number of hydrogen-bond donors (Lipinski definition) is 2. The van der Waals surface area contributed by atoms with E-state index >= 15 is 0 Å². The Hall–Kier alpha value is -3.40. The zero-order valence-electron chi connectivity index (χ0n) is 19.2. The minimum atomic E-state index is -2.77. The van der Waals surface area contributed by atoms with Gasteiger partial charge < -0.3 is 10.4 Å². The molecule has 6 nitrogen and oxygen atoms in total. The number of nitrogens with one attached hydrogen (secondary N) is 1. The normalized spacial score (nSPS) is 16.2. The van der Waals surface area contributed by atoms with Crippen LogP contribution in [0, 0.1) is 11.6 Å². The molecule has 1 aliphatic carbocycles. The third-order valence-corrected chi connectivity index (χ3v) is 6.00. The summed E-state index contributed by atoms with van der Waals surface area (Å²) < 4.78 is 56.2. The summed E-state index contributed by atoms with van der Waals surface area (Å²) in [6.07, 6.45) is 3.43. The van der Waals surface area contributed by atoms with Gasteiger partial charge in [-0.05, 0) is 51.0 Å². The van der Waals surface area contributed by atoms with E-state index in [9.17, 15) is 27.5 Å². The highest BCUT2D eigenvalue weighted by Crippen LogP contribution is 2.44. The molecule has 35 heavy (non-hydrogen) atoms. The molecule has 0 saturated heterocycles. The van der Waals surface area contributed by atoms with Crippen molar-refractivity contribution in [2.45, 2.75) is 57.0 Å². The lowest BCUT2D eigenvalue weighted by Crippen LogP contribution is -2.25. The van der Waals surface area contributed by atoms with Crippen molar-refractivity contribution in [3.63, 3.8) is 0 Å². The highest BCUT2D eigenvalue weighted by molar-refractivity contribution is 6.06. The number of hydrogen-bond acceptors (Lipinski definition) is 5. The Balaban J connectivity index is 1.75. The minimum Gasteiger partial charge on any atom is -0.382 e. The molecule has 1 saturated carbocycles. The number of carbonyl (C=O) groups is 1. The minimum absolute atomic E-state index is 0.0497. The van der Waals surface area contributed by atoms with E-state index in [0.717, 1.165) is 18.2 Å². The maximum atomic E-state index is 14.7. The van der Waals surface area contributed by atoms with Gasteiger partial charge in [-0.3, -0.25) is 9.78 Å². The van der Waals surface area contributed by atoms with Crippen LogP contribution >= 0.6 is 0 Å². The van der Waals surface area contributed by atoms with Crippen LogP contribution in [0.3, 0.4) is 0 Å². The summed E-state index contributed by atoms with van der Waals surface area (Å²) >= 11 is 0. The first-order chi connectivity index (χ1) is 16.4. The number of nitrogens with zero attached hydrogens (tertiary/aromatic N) is 3. The van der Waals surface area contributed by atoms with Gasteiger partial charge in [0.15, 0.2) is 5.82 Å². The molecule has 1 aromatic carbocycles. The summed E-state index contributed by atoms with van der Waals surface area (Å²) in [5.74, 6) is -5.11. The van der Waals surface area contributed by atoms with Crippen LogP contribution in [0.2, 0.25) is 0 Å². The Kier molecular flexibility index (Phi) is 6.59. The molecule has 0 bridgehead atoms. The zero-order chi connectivity index (χ0) is 25.4. The summed E-state index contributed by atoms with van der Waals surface area (Å²) in [7, 11) is 0. The highest BCUT2D eigenvalue weighted by atomic mass is 19.3. The van der Waals surface area contributed by atoms with E-state index in [1.165, 1.54) is 38.5 Å². The molecular formula is C25H24F4N4O2. The van der Waals surface area contributed by atoms with Gasteiger partial charge >= 0.3 is 0 Å². The van der Waals surface area contributed by atoms with Crippen molar-refractivity contribution in [2.75, 3.05) is 5.32 Å². The van der Waals surface area contributed by atoms with Crippen molar-refractivity contribution in [2.24, 2.45) is 0 Å². The lowest BCUT2D eigenvalue weighted by atomic mass is 9.83. The molecule has 0 unspecified atom stereocenters. The summed E-state index contributed by atoms with van der Waals surface area (Å²) in [4.78, 5) is 25.5. The van der Waals surface area contributed by atoms with Crippen molar-refractivity contribution in [1.82, 2.24) is 15.0 Å². The van der Waals surface area contributed by atoms with Crippen molar-refractivity contribution >= 4 is 11.6 Å². The van der Waals surface area contributed by atoms with Crippen LogP contribution in [0.5, 0.6) is 0 Å². The standard InChI is InChI=1S/C25H24F4N4O2/c1-24(2,35)23-31-12-15(13-32-23)22(34)33-21-17(18-11-16(26)3-4-19(18)27)7-10-30-20(21)14-5-8-25(28,29)9-6-14/h3-4,7,10-14,35H,5-6,8-9H2,1-2H3,(H,33,34). The fraction of sp³-hybridized carbons (Fsp3) is 0.360. The Morgan fingerprint density at radius 1 is 1.06 bits per heavy atom. The molecule has 0 spiro atoms. The van der Waals surface area contributed by atoms with Crippen LogP contribution in [-0.4, -0.2) is 31.9 Å². The highest BCUT2D eigenvalue weighted by Gasteiger charge is 2.37. The van der Waals surface area contributed by atoms with Crippen LogP contribution in [0.1, 0.15) is 67.3 Å². The second-order valence-corrected chi connectivity index (χ2v) is 9.18. The number of rotatable bonds is 5. The van der Waals surface area contributed by atoms with E-state index in [1.807, 2.05) is 0 Å². The largest absolute Gasteiger partial charge is 0.382 e. The Morgan fingerprint density at radius 2 is 1.71 bits per heavy atom. The van der Waals surface area contributed by atoms with Gasteiger partial charge in [0.05, 0.1) is 16.9 Å². The van der Waals surface area contributed by atoms with E-state index in [-0.39, 0.29) is 53.9 Å². The SMILES string of the molecule is CC(C)(O)c1ncc(C(=O)Nc2c(-c3cc(F)ccc3F)ccnc2C2CCC(F)(F)CC2)cn1. The number of amides is 1. The number of pyridine rings is 1. The molecule has 0 radical (unpaired) electrons. The Labute approximate surface area is 199 Å². The predicted molar refractivity (Wildman–Crippen MR) is 121 cm³/mol. The van der Waals surface area contributed by atoms with Gasteiger partial charge in [0.25, 0.3) is 5.91 Å². The number of aliphatic hydroxyl groups is 1. The number of carbonyl (C=O) groups excluding carboxylic acids is 1. The van der Waals surface area contributed by atoms with Gasteiger partial charge in [-0.2, -0.15) is 0 Å². The molecule has 1 aliphatic rings. The molecule has 10 heteroatoms. The molecule has 3 aromatic rings. The van der Waals surface area contributed by atoms with Crippen LogP contribution < -0.4 is 5.32 Å². The number of anilines is 1. The van der Waals surface area contributed by atoms with Crippen LogP contribution in [0.25, 0.3) is 11.1 Å². The van der Waals surface area contributed by atoms with E-state index in [2.05, 4.69) is 20.3 Å². The predicted octanol–water partition coefficient (Wildman–Crippen LogP) is 5.59. The molecule has 2 heterocycles. The van der Waals surface area contributed by atoms with E-state index in [0.29, 0.717) is 5.69 Å². The smallest absolute Gasteiger partial charge is 0.258 e. The van der Waals surface area contributed by atoms with Gasteiger partial charge in [-0.15, -0.1) is 0 Å². The summed E-state index contributed by atoms with van der Waals surface area (Å²) in [6.45, 7) is 3.00. The third-order valence-electron chi connectivity index (χ3n) is 6.00. The number of aromatic nitrogens is 3. The lowest BCUT2D eigenvalue weighted by Gasteiger charge is -2.29. The topological polar surface area (TPSA) is 88.0 Å². The van der Waals surface area contributed by atoms with Gasteiger partial charge in [-0.25, -0.2) is 27.5 Å². The van der Waals surface area contributed by atoms with Crippen LogP contribution in [-0.2, 0) is 5.60 Å². The Morgan fingerprint density at radius 3 is 2.34 bits per heavy atom. The van der Waals surface area contributed by atoms with E-state index in [4.69, 9.17) is 0 Å². The quantitative estimate of drug-likeness (QED) is 0.457. The third kappa shape index (κ3) is 5.48. The van der Waals surface area contributed by atoms with Gasteiger partial charge in [0, 0.05) is 48.5 Å². The molecule has 0 atom stereocenters. The molecule has 0 aliphatic heterocycles. The van der Waals surface area contributed by atoms with Gasteiger partial charge in [0.2, 0.25) is 5.92 Å². The summed E-state index contributed by atoms with van der Waals surface area (Å²) in [6, 6.07) is 4.38. The van der Waals surface area contributed by atoms with Crippen molar-refractivity contribution < 1.29 is 27.5 Å². The first-order valence-electron chi connectivity index (χ1n) is 11.1. The second kappa shape index (κ2) is 9.33. The summed E-state index contributed by atoms with van der Waals surface area (Å²) in [5, 5.41) is 12.7. The second-order valence-electron chi connectivity index (χ2n) is 9.18. The fourth-order valence-corrected chi connectivity index (χ4v) is 4.11.